The van der Waals surface area contributed by atoms with Crippen LogP contribution in [0.1, 0.15) is 10.4 Å². The molecule has 0 radical (unpaired) electrons. The molecule has 1 unspecified atom stereocenters. The molecule has 0 aromatic carbocycles. The first kappa shape index (κ1) is 11.8. The van der Waals surface area contributed by atoms with Crippen molar-refractivity contribution < 1.29 is 14.6 Å². The first-order valence-electron chi connectivity index (χ1n) is 5.41. The van der Waals surface area contributed by atoms with Crippen LogP contribution in [0.3, 0.4) is 0 Å². The second-order valence-electron chi connectivity index (χ2n) is 3.85. The van der Waals surface area contributed by atoms with E-state index < -0.39 is 0 Å². The number of H-pyrrole nitrogens is 1. The Bertz CT molecular complexity index is 457. The fourth-order valence-electron chi connectivity index (χ4n) is 1.77. The minimum Gasteiger partial charge on any atom is -0.394 e. The fraction of sp³-hybridized carbons (Fsp3) is 0.455. The number of hydrogen-bond donors (Lipinski definition) is 2. The van der Waals surface area contributed by atoms with Crippen LogP contribution in [0.2, 0.25) is 0 Å². The van der Waals surface area contributed by atoms with E-state index in [1.807, 2.05) is 0 Å². The van der Waals surface area contributed by atoms with Gasteiger partial charge in [-0.25, -0.2) is 0 Å². The summed E-state index contributed by atoms with van der Waals surface area (Å²) >= 11 is 0. The van der Waals surface area contributed by atoms with Crippen molar-refractivity contribution in [3.63, 3.8) is 0 Å². The van der Waals surface area contributed by atoms with Crippen molar-refractivity contribution in [2.24, 2.45) is 0 Å². The van der Waals surface area contributed by atoms with Crippen molar-refractivity contribution in [2.75, 3.05) is 26.3 Å². The number of carbonyl (C=O) groups is 1. The van der Waals surface area contributed by atoms with Gasteiger partial charge in [-0.1, -0.05) is 0 Å². The second kappa shape index (κ2) is 5.11. The lowest BCUT2D eigenvalue weighted by molar-refractivity contribution is -0.0447. The Morgan fingerprint density at radius 1 is 1.65 bits per heavy atom. The van der Waals surface area contributed by atoms with Crippen molar-refractivity contribution in [1.82, 2.24) is 9.88 Å². The highest BCUT2D eigenvalue weighted by molar-refractivity contribution is 5.93. The topological polar surface area (TPSA) is 82.6 Å². The minimum atomic E-state index is -0.365. The Kier molecular flexibility index (Phi) is 3.55. The number of rotatable bonds is 2. The molecule has 1 aromatic rings. The summed E-state index contributed by atoms with van der Waals surface area (Å²) in [6, 6.07) is 1.32. The predicted octanol–water partition coefficient (Wildman–Crippen LogP) is -0.792. The highest BCUT2D eigenvalue weighted by Gasteiger charge is 2.25. The molecule has 6 heteroatoms. The molecule has 0 spiro atoms. The van der Waals surface area contributed by atoms with E-state index in [1.54, 1.807) is 0 Å². The van der Waals surface area contributed by atoms with E-state index in [1.165, 1.54) is 23.4 Å². The van der Waals surface area contributed by atoms with Crippen molar-refractivity contribution in [3.05, 3.63) is 34.2 Å². The Hall–Kier alpha value is -1.66. The number of morpholine rings is 1. The highest BCUT2D eigenvalue weighted by atomic mass is 16.5. The van der Waals surface area contributed by atoms with Crippen LogP contribution in [0.5, 0.6) is 0 Å². The summed E-state index contributed by atoms with van der Waals surface area (Å²) in [7, 11) is 0. The van der Waals surface area contributed by atoms with E-state index in [0.29, 0.717) is 19.7 Å². The molecule has 1 atom stereocenters. The molecule has 17 heavy (non-hydrogen) atoms. The van der Waals surface area contributed by atoms with Crippen LogP contribution in [0, 0.1) is 0 Å². The highest BCUT2D eigenvalue weighted by Crippen LogP contribution is 2.07. The van der Waals surface area contributed by atoms with Gasteiger partial charge in [0.1, 0.15) is 5.56 Å². The van der Waals surface area contributed by atoms with Gasteiger partial charge in [-0.3, -0.25) is 9.59 Å². The number of nitrogens with zero attached hydrogens (tertiary/aromatic N) is 1. The Morgan fingerprint density at radius 3 is 3.18 bits per heavy atom. The number of ether oxygens (including phenoxy) is 1. The van der Waals surface area contributed by atoms with Crippen LogP contribution in [0.25, 0.3) is 0 Å². The molecule has 92 valence electrons. The molecule has 0 aliphatic carbocycles. The van der Waals surface area contributed by atoms with Crippen LogP contribution in [0.15, 0.2) is 23.3 Å². The van der Waals surface area contributed by atoms with Crippen LogP contribution in [0.4, 0.5) is 0 Å². The predicted molar refractivity (Wildman–Crippen MR) is 59.8 cm³/mol. The summed E-state index contributed by atoms with van der Waals surface area (Å²) in [6.45, 7) is 0.990. The van der Waals surface area contributed by atoms with Gasteiger partial charge in [-0.05, 0) is 0 Å². The summed E-state index contributed by atoms with van der Waals surface area (Å²) < 4.78 is 5.24. The van der Waals surface area contributed by atoms with Crippen molar-refractivity contribution in [1.29, 1.82) is 0 Å². The van der Waals surface area contributed by atoms with E-state index in [9.17, 15) is 9.59 Å². The third kappa shape index (κ3) is 2.54. The summed E-state index contributed by atoms with van der Waals surface area (Å²) in [5.74, 6) is -0.325. The zero-order chi connectivity index (χ0) is 12.3. The molecule has 1 aliphatic heterocycles. The van der Waals surface area contributed by atoms with E-state index in [2.05, 4.69) is 4.98 Å². The maximum Gasteiger partial charge on any atom is 0.259 e. The third-order valence-corrected chi connectivity index (χ3v) is 2.68. The van der Waals surface area contributed by atoms with Gasteiger partial charge in [0.15, 0.2) is 5.43 Å². The maximum atomic E-state index is 12.1. The van der Waals surface area contributed by atoms with E-state index in [0.717, 1.165) is 0 Å². The van der Waals surface area contributed by atoms with Gasteiger partial charge < -0.3 is 19.7 Å². The molecule has 2 rings (SSSR count). The van der Waals surface area contributed by atoms with Crippen LogP contribution in [-0.4, -0.2) is 53.3 Å². The number of aliphatic hydroxyl groups is 1. The molecule has 1 fully saturated rings. The smallest absolute Gasteiger partial charge is 0.259 e. The molecule has 1 aromatic heterocycles. The normalized spacial score (nSPS) is 20.3. The number of carbonyl (C=O) groups excluding carboxylic acids is 1. The van der Waals surface area contributed by atoms with E-state index in [-0.39, 0.29) is 29.6 Å². The molecule has 0 bridgehead atoms. The second-order valence-corrected chi connectivity index (χ2v) is 3.85. The average Bonchev–Trinajstić information content (AvgIpc) is 2.38. The van der Waals surface area contributed by atoms with Crippen LogP contribution in [-0.2, 0) is 4.74 Å². The fourth-order valence-corrected chi connectivity index (χ4v) is 1.77. The molecule has 6 nitrogen and oxygen atoms in total. The molecule has 0 saturated carbocycles. The van der Waals surface area contributed by atoms with Crippen LogP contribution < -0.4 is 5.43 Å². The summed E-state index contributed by atoms with van der Waals surface area (Å²) in [5.41, 5.74) is -0.188. The summed E-state index contributed by atoms with van der Waals surface area (Å²) in [4.78, 5) is 27.8. The number of hydrogen-bond acceptors (Lipinski definition) is 4. The van der Waals surface area contributed by atoms with Crippen LogP contribution >= 0.6 is 0 Å². The Morgan fingerprint density at radius 2 is 2.47 bits per heavy atom. The Labute approximate surface area is 97.8 Å². The van der Waals surface area contributed by atoms with Gasteiger partial charge in [0.2, 0.25) is 0 Å². The molecular formula is C11H14N2O4. The van der Waals surface area contributed by atoms with Gasteiger partial charge in [0.25, 0.3) is 5.91 Å². The number of pyridine rings is 1. The largest absolute Gasteiger partial charge is 0.394 e. The third-order valence-electron chi connectivity index (χ3n) is 2.68. The summed E-state index contributed by atoms with van der Waals surface area (Å²) in [5, 5.41) is 8.98. The lowest BCUT2D eigenvalue weighted by Gasteiger charge is -2.31. The van der Waals surface area contributed by atoms with Crippen molar-refractivity contribution >= 4 is 5.91 Å². The molecule has 1 saturated heterocycles. The number of aromatic nitrogens is 1. The maximum absolute atomic E-state index is 12.1. The zero-order valence-corrected chi connectivity index (χ0v) is 9.26. The first-order chi connectivity index (χ1) is 8.22. The van der Waals surface area contributed by atoms with Gasteiger partial charge >= 0.3 is 0 Å². The first-order valence-corrected chi connectivity index (χ1v) is 5.41. The average molecular weight is 238 g/mol. The van der Waals surface area contributed by atoms with E-state index in [4.69, 9.17) is 9.84 Å². The number of aromatic amines is 1. The molecule has 1 amide bonds. The number of aliphatic hydroxyl groups excluding tert-OH is 1. The molecule has 2 heterocycles. The Balaban J connectivity index is 2.15. The van der Waals surface area contributed by atoms with Gasteiger partial charge in [0, 0.05) is 31.5 Å². The number of nitrogens with one attached hydrogen (secondary N) is 1. The summed E-state index contributed by atoms with van der Waals surface area (Å²) in [6.07, 6.45) is 2.51. The lowest BCUT2D eigenvalue weighted by atomic mass is 10.2. The monoisotopic (exact) mass is 238 g/mol. The van der Waals surface area contributed by atoms with Gasteiger partial charge in [-0.2, -0.15) is 0 Å². The quantitative estimate of drug-likeness (QED) is 0.707. The molecule has 1 aliphatic rings. The van der Waals surface area contributed by atoms with Gasteiger partial charge in [0.05, 0.1) is 19.3 Å². The molecule has 2 N–H and O–H groups in total. The van der Waals surface area contributed by atoms with Gasteiger partial charge in [-0.15, -0.1) is 0 Å². The lowest BCUT2D eigenvalue weighted by Crippen LogP contribution is -2.47. The van der Waals surface area contributed by atoms with E-state index >= 15 is 0 Å². The molecular weight excluding hydrogens is 224 g/mol. The minimum absolute atomic E-state index is 0.117. The zero-order valence-electron chi connectivity index (χ0n) is 9.26. The number of amides is 1. The van der Waals surface area contributed by atoms with Crippen molar-refractivity contribution in [2.45, 2.75) is 6.10 Å². The SMILES string of the molecule is O=C(c1c[nH]ccc1=O)N1CCOC(CO)C1. The standard InChI is InChI=1S/C11H14N2O4/c14-7-8-6-13(3-4-17-8)11(16)9-5-12-2-1-10(9)15/h1-2,5,8,14H,3-4,6-7H2,(H,12,15). The van der Waals surface area contributed by atoms with Crippen molar-refractivity contribution in [3.8, 4) is 0 Å².